The third-order valence-corrected chi connectivity index (χ3v) is 3.91. The van der Waals surface area contributed by atoms with Crippen molar-refractivity contribution in [2.45, 2.75) is 13.2 Å². The average Bonchev–Trinajstić information content (AvgIpc) is 2.58. The number of nitrogens with one attached hydrogen (secondary N) is 2. The average molecular weight is 404 g/mol. The predicted octanol–water partition coefficient (Wildman–Crippen LogP) is 2.74. The van der Waals surface area contributed by atoms with Gasteiger partial charge in [0.15, 0.2) is 18.0 Å². The maximum Gasteiger partial charge on any atom is 0.387 e. The number of benzene rings is 2. The first-order chi connectivity index (χ1) is 12.8. The molecule has 2 rings (SSSR count). The molecule has 0 aliphatic carbocycles. The van der Waals surface area contributed by atoms with Gasteiger partial charge in [-0.3, -0.25) is 4.79 Å². The van der Waals surface area contributed by atoms with Crippen LogP contribution in [0, 0.1) is 5.82 Å². The van der Waals surface area contributed by atoms with E-state index in [1.165, 1.54) is 31.4 Å². The van der Waals surface area contributed by atoms with E-state index in [1.807, 2.05) is 0 Å². The number of alkyl halides is 2. The standard InChI is InChI=1S/C18H18ClF3N2O3/c1-24(10-17(25)23-12-4-5-14(20)13(19)8-12)9-11-3-6-15(27-18(21)22)16(7-11)26-2/h3-8,18H,9-10H2,1-2H3,(H,23,25)/p+1. The molecule has 9 heteroatoms. The van der Waals surface area contributed by atoms with E-state index in [0.29, 0.717) is 12.2 Å². The highest BCUT2D eigenvalue weighted by Gasteiger charge is 2.15. The van der Waals surface area contributed by atoms with Gasteiger partial charge >= 0.3 is 6.61 Å². The zero-order valence-corrected chi connectivity index (χ0v) is 15.4. The first-order valence-electron chi connectivity index (χ1n) is 7.96. The van der Waals surface area contributed by atoms with Gasteiger partial charge in [-0.05, 0) is 36.4 Å². The highest BCUT2D eigenvalue weighted by atomic mass is 35.5. The van der Waals surface area contributed by atoms with Crippen LogP contribution in [-0.4, -0.2) is 33.2 Å². The number of likely N-dealkylation sites (N-methyl/N-ethyl adjacent to an activating group) is 1. The van der Waals surface area contributed by atoms with Gasteiger partial charge in [0.1, 0.15) is 12.4 Å². The molecule has 146 valence electrons. The molecule has 0 saturated heterocycles. The molecule has 2 aromatic rings. The molecule has 0 aromatic heterocycles. The molecule has 2 aromatic carbocycles. The minimum atomic E-state index is -2.94. The van der Waals surface area contributed by atoms with Gasteiger partial charge in [0, 0.05) is 11.3 Å². The van der Waals surface area contributed by atoms with Crippen LogP contribution in [0.3, 0.4) is 0 Å². The second-order valence-corrected chi connectivity index (χ2v) is 6.26. The monoisotopic (exact) mass is 403 g/mol. The summed E-state index contributed by atoms with van der Waals surface area (Å²) >= 11 is 5.68. The van der Waals surface area contributed by atoms with Gasteiger partial charge in [0.05, 0.1) is 19.2 Å². The second-order valence-electron chi connectivity index (χ2n) is 5.85. The molecule has 0 spiro atoms. The van der Waals surface area contributed by atoms with Crippen LogP contribution < -0.4 is 19.7 Å². The van der Waals surface area contributed by atoms with Crippen LogP contribution in [0.1, 0.15) is 5.56 Å². The third kappa shape index (κ3) is 6.33. The Morgan fingerprint density at radius 2 is 1.96 bits per heavy atom. The topological polar surface area (TPSA) is 52.0 Å². The molecule has 1 unspecified atom stereocenters. The summed E-state index contributed by atoms with van der Waals surface area (Å²) in [6, 6.07) is 8.52. The Balaban J connectivity index is 1.95. The maximum atomic E-state index is 13.1. The van der Waals surface area contributed by atoms with Crippen LogP contribution in [0.4, 0.5) is 18.9 Å². The molecule has 0 aliphatic heterocycles. The van der Waals surface area contributed by atoms with E-state index in [4.69, 9.17) is 16.3 Å². The number of quaternary nitrogens is 1. The van der Waals surface area contributed by atoms with Gasteiger partial charge in [0.25, 0.3) is 5.91 Å². The molecule has 5 nitrogen and oxygen atoms in total. The lowest BCUT2D eigenvalue weighted by atomic mass is 10.2. The third-order valence-electron chi connectivity index (χ3n) is 3.62. The number of carbonyl (C=O) groups is 1. The summed E-state index contributed by atoms with van der Waals surface area (Å²) < 4.78 is 47.3. The summed E-state index contributed by atoms with van der Waals surface area (Å²) in [7, 11) is 3.16. The number of methoxy groups -OCH3 is 1. The number of anilines is 1. The van der Waals surface area contributed by atoms with Crippen molar-refractivity contribution in [1.82, 2.24) is 0 Å². The molecule has 0 bridgehead atoms. The Kier molecular flexibility index (Phi) is 7.32. The number of hydrogen-bond donors (Lipinski definition) is 2. The molecule has 27 heavy (non-hydrogen) atoms. The lowest BCUT2D eigenvalue weighted by Gasteiger charge is -2.16. The van der Waals surface area contributed by atoms with Crippen LogP contribution in [0.2, 0.25) is 5.02 Å². The summed E-state index contributed by atoms with van der Waals surface area (Å²) in [5, 5.41) is 2.56. The molecule has 1 amide bonds. The minimum absolute atomic E-state index is 0.0557. The van der Waals surface area contributed by atoms with E-state index in [-0.39, 0.29) is 29.0 Å². The minimum Gasteiger partial charge on any atom is -0.493 e. The molecule has 1 atom stereocenters. The van der Waals surface area contributed by atoms with E-state index in [9.17, 15) is 18.0 Å². The molecule has 0 radical (unpaired) electrons. The molecule has 0 heterocycles. The normalized spacial score (nSPS) is 12.0. The zero-order valence-electron chi connectivity index (χ0n) is 14.7. The fraction of sp³-hybridized carbons (Fsp3) is 0.278. The van der Waals surface area contributed by atoms with Crippen molar-refractivity contribution in [3.63, 3.8) is 0 Å². The van der Waals surface area contributed by atoms with Gasteiger partial charge in [-0.1, -0.05) is 11.6 Å². The zero-order chi connectivity index (χ0) is 20.0. The van der Waals surface area contributed by atoms with E-state index >= 15 is 0 Å². The highest BCUT2D eigenvalue weighted by Crippen LogP contribution is 2.29. The van der Waals surface area contributed by atoms with E-state index in [0.717, 1.165) is 10.5 Å². The number of ether oxygens (including phenoxy) is 2. The Bertz CT molecular complexity index is 805. The van der Waals surface area contributed by atoms with Crippen molar-refractivity contribution >= 4 is 23.2 Å². The van der Waals surface area contributed by atoms with Gasteiger partial charge in [-0.25, -0.2) is 4.39 Å². The number of halogens is 4. The summed E-state index contributed by atoms with van der Waals surface area (Å²) in [4.78, 5) is 12.9. The number of rotatable bonds is 8. The lowest BCUT2D eigenvalue weighted by molar-refractivity contribution is -0.885. The highest BCUT2D eigenvalue weighted by molar-refractivity contribution is 6.31. The van der Waals surface area contributed by atoms with Crippen LogP contribution in [0.5, 0.6) is 11.5 Å². The van der Waals surface area contributed by atoms with E-state index in [1.54, 1.807) is 19.2 Å². The summed E-state index contributed by atoms with van der Waals surface area (Å²) in [5.74, 6) is -0.712. The number of carbonyl (C=O) groups excluding carboxylic acids is 1. The molecule has 0 fully saturated rings. The lowest BCUT2D eigenvalue weighted by Crippen LogP contribution is -3.08. The number of amides is 1. The Hall–Kier alpha value is -2.45. The van der Waals surface area contributed by atoms with Crippen molar-refractivity contribution in [3.05, 3.63) is 52.8 Å². The first kappa shape index (κ1) is 20.9. The Labute approximate surface area is 159 Å². The van der Waals surface area contributed by atoms with Crippen LogP contribution in [-0.2, 0) is 11.3 Å². The van der Waals surface area contributed by atoms with Gasteiger partial charge in [0.2, 0.25) is 0 Å². The van der Waals surface area contributed by atoms with Crippen molar-refractivity contribution < 1.29 is 32.3 Å². The summed E-state index contributed by atoms with van der Waals surface area (Å²) in [6.45, 7) is -2.36. The SMILES string of the molecule is COc1cc(C[NH+](C)CC(=O)Nc2ccc(F)c(Cl)c2)ccc1OC(F)F. The van der Waals surface area contributed by atoms with E-state index < -0.39 is 12.4 Å². The van der Waals surface area contributed by atoms with Gasteiger partial charge in [-0.2, -0.15) is 8.78 Å². The summed E-state index contributed by atoms with van der Waals surface area (Å²) in [6.07, 6.45) is 0. The van der Waals surface area contributed by atoms with Crippen molar-refractivity contribution in [2.75, 3.05) is 26.0 Å². The van der Waals surface area contributed by atoms with Crippen LogP contribution in [0.25, 0.3) is 0 Å². The van der Waals surface area contributed by atoms with Gasteiger partial charge in [-0.15, -0.1) is 0 Å². The van der Waals surface area contributed by atoms with Gasteiger partial charge < -0.3 is 19.7 Å². The smallest absolute Gasteiger partial charge is 0.387 e. The first-order valence-corrected chi connectivity index (χ1v) is 8.34. The van der Waals surface area contributed by atoms with Crippen LogP contribution in [0.15, 0.2) is 36.4 Å². The second kappa shape index (κ2) is 9.48. The molecular formula is C18H19ClF3N2O3+. The quantitative estimate of drug-likeness (QED) is 0.712. The van der Waals surface area contributed by atoms with Crippen molar-refractivity contribution in [1.29, 1.82) is 0 Å². The van der Waals surface area contributed by atoms with Crippen molar-refractivity contribution in [3.8, 4) is 11.5 Å². The van der Waals surface area contributed by atoms with Crippen LogP contribution >= 0.6 is 11.6 Å². The summed E-state index contributed by atoms with van der Waals surface area (Å²) in [5.41, 5.74) is 1.18. The van der Waals surface area contributed by atoms with Crippen molar-refractivity contribution in [2.24, 2.45) is 0 Å². The Morgan fingerprint density at radius 3 is 2.59 bits per heavy atom. The fourth-order valence-electron chi connectivity index (χ4n) is 2.48. The largest absolute Gasteiger partial charge is 0.493 e. The Morgan fingerprint density at radius 1 is 1.22 bits per heavy atom. The molecular weight excluding hydrogens is 385 g/mol. The molecule has 0 aliphatic rings. The fourth-order valence-corrected chi connectivity index (χ4v) is 2.66. The number of hydrogen-bond acceptors (Lipinski definition) is 3. The molecule has 0 saturated carbocycles. The van der Waals surface area contributed by atoms with E-state index in [2.05, 4.69) is 10.1 Å². The predicted molar refractivity (Wildman–Crippen MR) is 95.1 cm³/mol. The molecule has 2 N–H and O–H groups in total. The maximum absolute atomic E-state index is 13.1.